The van der Waals surface area contributed by atoms with E-state index in [4.69, 9.17) is 23.2 Å². The molecule has 7 nitrogen and oxygen atoms in total. The predicted molar refractivity (Wildman–Crippen MR) is 124 cm³/mol. The highest BCUT2D eigenvalue weighted by Gasteiger charge is 2.33. The van der Waals surface area contributed by atoms with E-state index in [0.29, 0.717) is 5.56 Å². The fourth-order valence-electron chi connectivity index (χ4n) is 3.09. The number of rotatable bonds is 8. The van der Waals surface area contributed by atoms with E-state index in [9.17, 15) is 21.6 Å². The first-order chi connectivity index (χ1) is 14.3. The average molecular weight is 507 g/mol. The minimum Gasteiger partial charge on any atom is -0.348 e. The molecule has 1 N–H and O–H groups in total. The van der Waals surface area contributed by atoms with Crippen LogP contribution < -0.4 is 9.62 Å². The smallest absolute Gasteiger partial charge is 0.244 e. The fourth-order valence-corrected chi connectivity index (χ4v) is 5.36. The normalized spacial score (nSPS) is 14.0. The Morgan fingerprint density at radius 3 is 2.10 bits per heavy atom. The van der Waals surface area contributed by atoms with Crippen LogP contribution in [0.3, 0.4) is 0 Å². The molecule has 0 spiro atoms. The van der Waals surface area contributed by atoms with Crippen LogP contribution in [-0.2, 0) is 24.7 Å². The lowest BCUT2D eigenvalue weighted by atomic mass is 10.1. The zero-order chi connectivity index (χ0) is 23.6. The molecule has 0 aliphatic carbocycles. The van der Waals surface area contributed by atoms with Gasteiger partial charge in [0.25, 0.3) is 0 Å². The first kappa shape index (κ1) is 25.5. The number of benzene rings is 2. The van der Waals surface area contributed by atoms with Gasteiger partial charge in [-0.05, 0) is 49.2 Å². The van der Waals surface area contributed by atoms with Crippen molar-refractivity contribution in [1.82, 2.24) is 5.32 Å². The van der Waals surface area contributed by atoms with Crippen molar-refractivity contribution in [3.8, 4) is 0 Å². The third-order valence-corrected chi connectivity index (χ3v) is 7.49. The Morgan fingerprint density at radius 1 is 1.03 bits per heavy atom. The number of amides is 1. The largest absolute Gasteiger partial charge is 0.348 e. The average Bonchev–Trinajstić information content (AvgIpc) is 2.66. The Balaban J connectivity index is 2.34. The van der Waals surface area contributed by atoms with Gasteiger partial charge in [-0.2, -0.15) is 0 Å². The number of sulfone groups is 1. The highest BCUT2D eigenvalue weighted by molar-refractivity contribution is 7.92. The quantitative estimate of drug-likeness (QED) is 0.586. The van der Waals surface area contributed by atoms with E-state index in [2.05, 4.69) is 5.32 Å². The van der Waals surface area contributed by atoms with Crippen LogP contribution in [0.2, 0.25) is 10.0 Å². The number of hydrogen-bond donors (Lipinski definition) is 1. The molecule has 170 valence electrons. The van der Waals surface area contributed by atoms with Crippen LogP contribution in [0, 0.1) is 0 Å². The minimum absolute atomic E-state index is 0.115. The number of nitrogens with zero attached hydrogens (tertiary/aromatic N) is 1. The highest BCUT2D eigenvalue weighted by atomic mass is 35.5. The molecule has 0 unspecified atom stereocenters. The predicted octanol–water partition coefficient (Wildman–Crippen LogP) is 3.82. The fraction of sp³-hybridized carbons (Fsp3) is 0.350. The zero-order valence-corrected chi connectivity index (χ0v) is 20.6. The van der Waals surface area contributed by atoms with Gasteiger partial charge < -0.3 is 5.32 Å². The summed E-state index contributed by atoms with van der Waals surface area (Å²) < 4.78 is 49.4. The molecule has 2 aromatic carbocycles. The highest BCUT2D eigenvalue weighted by Crippen LogP contribution is 2.33. The number of nitrogens with one attached hydrogen (secondary N) is 1. The van der Waals surface area contributed by atoms with Gasteiger partial charge in [-0.3, -0.25) is 9.10 Å². The Labute approximate surface area is 193 Å². The van der Waals surface area contributed by atoms with E-state index >= 15 is 0 Å². The Hall–Kier alpha value is -1.81. The van der Waals surface area contributed by atoms with E-state index in [1.807, 2.05) is 0 Å². The molecule has 0 aromatic heterocycles. The van der Waals surface area contributed by atoms with Crippen molar-refractivity contribution in [1.29, 1.82) is 0 Å². The Bertz CT molecular complexity index is 1170. The summed E-state index contributed by atoms with van der Waals surface area (Å²) in [6.07, 6.45) is 2.29. The van der Waals surface area contributed by atoms with Crippen LogP contribution in [0.1, 0.15) is 31.9 Å². The van der Waals surface area contributed by atoms with Gasteiger partial charge in [-0.1, -0.05) is 42.3 Å². The van der Waals surface area contributed by atoms with Gasteiger partial charge in [0.05, 0.1) is 27.9 Å². The summed E-state index contributed by atoms with van der Waals surface area (Å²) in [7, 11) is -7.21. The van der Waals surface area contributed by atoms with E-state index < -0.39 is 37.9 Å². The first-order valence-electron chi connectivity index (χ1n) is 9.30. The summed E-state index contributed by atoms with van der Waals surface area (Å²) in [6, 6.07) is 8.95. The standard InChI is InChI=1S/C20H24Cl2N2O5S2/c1-5-18(24(31(4,28)29)19-12-15(21)8-11-17(19)22)20(25)23-13(2)14-6-9-16(10-7-14)30(3,26)27/h6-13,18H,5H2,1-4H3,(H,23,25)/t13-,18-/m1/s1. The summed E-state index contributed by atoms with van der Waals surface area (Å²) in [4.78, 5) is 13.2. The van der Waals surface area contributed by atoms with Crippen LogP contribution in [0.15, 0.2) is 47.4 Å². The van der Waals surface area contributed by atoms with Crippen molar-refractivity contribution in [2.75, 3.05) is 16.8 Å². The lowest BCUT2D eigenvalue weighted by Crippen LogP contribution is -2.49. The second-order valence-electron chi connectivity index (χ2n) is 7.15. The zero-order valence-electron chi connectivity index (χ0n) is 17.5. The molecule has 0 heterocycles. The molecular weight excluding hydrogens is 483 g/mol. The van der Waals surface area contributed by atoms with Crippen LogP contribution in [0.5, 0.6) is 0 Å². The second-order valence-corrected chi connectivity index (χ2v) is 11.9. The maximum atomic E-state index is 13.1. The van der Waals surface area contributed by atoms with E-state index in [1.54, 1.807) is 26.0 Å². The SMILES string of the molecule is CC[C@H](C(=O)N[C@H](C)c1ccc(S(C)(=O)=O)cc1)N(c1cc(Cl)ccc1Cl)S(C)(=O)=O. The topological polar surface area (TPSA) is 101 Å². The number of carbonyl (C=O) groups excluding carboxylic acids is 1. The molecule has 0 aliphatic heterocycles. The minimum atomic E-state index is -3.87. The maximum absolute atomic E-state index is 13.1. The Kier molecular flexibility index (Phi) is 8.02. The molecule has 0 fully saturated rings. The first-order valence-corrected chi connectivity index (χ1v) is 13.8. The molecule has 0 saturated carbocycles. The molecule has 0 saturated heterocycles. The van der Waals surface area contributed by atoms with Gasteiger partial charge in [-0.15, -0.1) is 0 Å². The number of halogens is 2. The van der Waals surface area contributed by atoms with Gasteiger partial charge in [0.1, 0.15) is 6.04 Å². The second kappa shape index (κ2) is 9.77. The molecular formula is C20H24Cl2N2O5S2. The van der Waals surface area contributed by atoms with Crippen molar-refractivity contribution in [2.24, 2.45) is 0 Å². The van der Waals surface area contributed by atoms with Crippen LogP contribution in [-0.4, -0.2) is 41.3 Å². The molecule has 2 rings (SSSR count). The van der Waals surface area contributed by atoms with Crippen molar-refractivity contribution in [2.45, 2.75) is 37.2 Å². The molecule has 2 atom stereocenters. The van der Waals surface area contributed by atoms with E-state index in [1.165, 1.54) is 30.3 Å². The van der Waals surface area contributed by atoms with Crippen molar-refractivity contribution in [3.63, 3.8) is 0 Å². The summed E-state index contributed by atoms with van der Waals surface area (Å²) in [6.45, 7) is 3.41. The van der Waals surface area contributed by atoms with Crippen molar-refractivity contribution >= 4 is 54.7 Å². The summed E-state index contributed by atoms with van der Waals surface area (Å²) >= 11 is 12.2. The molecule has 31 heavy (non-hydrogen) atoms. The van der Waals surface area contributed by atoms with Crippen LogP contribution in [0.4, 0.5) is 5.69 Å². The van der Waals surface area contributed by atoms with Crippen molar-refractivity contribution in [3.05, 3.63) is 58.1 Å². The van der Waals surface area contributed by atoms with Gasteiger partial charge in [0.15, 0.2) is 9.84 Å². The van der Waals surface area contributed by atoms with Crippen LogP contribution in [0.25, 0.3) is 0 Å². The van der Waals surface area contributed by atoms with Crippen LogP contribution >= 0.6 is 23.2 Å². The Morgan fingerprint density at radius 2 is 1.61 bits per heavy atom. The van der Waals surface area contributed by atoms with Gasteiger partial charge in [0.2, 0.25) is 15.9 Å². The third kappa shape index (κ3) is 6.35. The van der Waals surface area contributed by atoms with Gasteiger partial charge in [0, 0.05) is 11.3 Å². The summed E-state index contributed by atoms with van der Waals surface area (Å²) in [5, 5.41) is 3.22. The molecule has 0 radical (unpaired) electrons. The molecule has 1 amide bonds. The van der Waals surface area contributed by atoms with Gasteiger partial charge in [-0.25, -0.2) is 16.8 Å². The summed E-state index contributed by atoms with van der Waals surface area (Å²) in [5.74, 6) is -0.524. The summed E-state index contributed by atoms with van der Waals surface area (Å²) in [5.41, 5.74) is 0.783. The number of hydrogen-bond acceptors (Lipinski definition) is 5. The number of sulfonamides is 1. The molecule has 2 aromatic rings. The number of carbonyl (C=O) groups is 1. The lowest BCUT2D eigenvalue weighted by molar-refractivity contribution is -0.122. The molecule has 0 aliphatic rings. The van der Waals surface area contributed by atoms with Crippen molar-refractivity contribution < 1.29 is 21.6 Å². The van der Waals surface area contributed by atoms with Gasteiger partial charge >= 0.3 is 0 Å². The number of anilines is 1. The maximum Gasteiger partial charge on any atom is 0.244 e. The lowest BCUT2D eigenvalue weighted by Gasteiger charge is -2.31. The molecule has 11 heteroatoms. The third-order valence-electron chi connectivity index (χ3n) is 4.64. The molecule has 0 bridgehead atoms. The van der Waals surface area contributed by atoms with E-state index in [-0.39, 0.29) is 27.0 Å². The monoisotopic (exact) mass is 506 g/mol. The van der Waals surface area contributed by atoms with E-state index in [0.717, 1.165) is 16.8 Å².